The van der Waals surface area contributed by atoms with Gasteiger partial charge in [-0.05, 0) is 23.8 Å². The maximum Gasteiger partial charge on any atom is 0.224 e. The molecule has 1 aromatic carbocycles. The molecule has 1 N–H and O–H groups in total. The van der Waals surface area contributed by atoms with Crippen molar-refractivity contribution in [1.82, 2.24) is 19.8 Å². The normalized spacial score (nSPS) is 14.6. The minimum atomic E-state index is -0.231. The highest BCUT2D eigenvalue weighted by atomic mass is 35.5. The van der Waals surface area contributed by atoms with Gasteiger partial charge in [0.15, 0.2) is 10.6 Å². The van der Waals surface area contributed by atoms with E-state index in [1.807, 2.05) is 12.1 Å². The summed E-state index contributed by atoms with van der Waals surface area (Å²) >= 11 is 12.3. The summed E-state index contributed by atoms with van der Waals surface area (Å²) in [6, 6.07) is 9.03. The maximum absolute atomic E-state index is 13.2. The molecule has 0 saturated carbocycles. The van der Waals surface area contributed by atoms with Crippen LogP contribution in [0.15, 0.2) is 41.3 Å². The molecular weight excluding hydrogens is 451 g/mol. The summed E-state index contributed by atoms with van der Waals surface area (Å²) in [6.07, 6.45) is 1.64. The van der Waals surface area contributed by atoms with E-state index in [1.165, 1.54) is 0 Å². The van der Waals surface area contributed by atoms with E-state index in [9.17, 15) is 9.59 Å². The fourth-order valence-corrected chi connectivity index (χ4v) is 4.30. The summed E-state index contributed by atoms with van der Waals surface area (Å²) in [5, 5.41) is 4.24. The second-order valence-corrected chi connectivity index (χ2v) is 8.66. The number of aromatic nitrogens is 2. The molecule has 0 aliphatic carbocycles. The number of ether oxygens (including phenoxy) is 1. The molecule has 1 fully saturated rings. The maximum atomic E-state index is 13.2. The van der Waals surface area contributed by atoms with E-state index in [4.69, 9.17) is 27.9 Å². The molecule has 3 heterocycles. The quantitative estimate of drug-likeness (QED) is 0.555. The van der Waals surface area contributed by atoms with Gasteiger partial charge in [0, 0.05) is 50.0 Å². The van der Waals surface area contributed by atoms with Crippen LogP contribution in [0.2, 0.25) is 10.2 Å². The number of hydrogen-bond acceptors (Lipinski definition) is 5. The van der Waals surface area contributed by atoms with Gasteiger partial charge in [-0.15, -0.1) is 0 Å². The van der Waals surface area contributed by atoms with Gasteiger partial charge < -0.3 is 14.6 Å². The Labute approximate surface area is 195 Å². The molecule has 1 amide bonds. The molecular formula is C23H24Cl2N4O3. The van der Waals surface area contributed by atoms with Crippen molar-refractivity contribution in [2.45, 2.75) is 19.5 Å². The Balaban J connectivity index is 1.54. The van der Waals surface area contributed by atoms with Gasteiger partial charge in [0.25, 0.3) is 0 Å². The van der Waals surface area contributed by atoms with Crippen LogP contribution in [0, 0.1) is 0 Å². The second kappa shape index (κ2) is 10.0. The van der Waals surface area contributed by atoms with E-state index in [0.717, 1.165) is 24.3 Å². The molecule has 2 aromatic heterocycles. The van der Waals surface area contributed by atoms with Gasteiger partial charge in [-0.1, -0.05) is 35.3 Å². The van der Waals surface area contributed by atoms with Crippen molar-refractivity contribution < 1.29 is 9.53 Å². The number of amides is 1. The number of carbonyl (C=O) groups excluding carboxylic acids is 1. The number of rotatable bonds is 6. The number of pyridine rings is 2. The summed E-state index contributed by atoms with van der Waals surface area (Å²) in [5.41, 5.74) is 2.43. The molecule has 0 radical (unpaired) electrons. The molecule has 168 valence electrons. The first-order chi connectivity index (χ1) is 15.4. The summed E-state index contributed by atoms with van der Waals surface area (Å²) < 4.78 is 7.14. The highest BCUT2D eigenvalue weighted by Gasteiger charge is 2.17. The monoisotopic (exact) mass is 474 g/mol. The number of hydrogen-bond donors (Lipinski definition) is 1. The van der Waals surface area contributed by atoms with Crippen LogP contribution in [-0.4, -0.2) is 46.7 Å². The topological polar surface area (TPSA) is 76.5 Å². The zero-order valence-corrected chi connectivity index (χ0v) is 19.2. The van der Waals surface area contributed by atoms with Gasteiger partial charge in [0.05, 0.1) is 36.2 Å². The van der Waals surface area contributed by atoms with E-state index < -0.39 is 0 Å². The number of halogens is 2. The Morgan fingerprint density at radius 3 is 2.62 bits per heavy atom. The van der Waals surface area contributed by atoms with Crippen LogP contribution in [0.3, 0.4) is 0 Å². The third-order valence-corrected chi connectivity index (χ3v) is 6.00. The average molecular weight is 475 g/mol. The van der Waals surface area contributed by atoms with Crippen molar-refractivity contribution in [2.75, 3.05) is 26.3 Å². The number of aryl methyl sites for hydroxylation is 1. The van der Waals surface area contributed by atoms with Gasteiger partial charge >= 0.3 is 0 Å². The van der Waals surface area contributed by atoms with Crippen LogP contribution in [0.5, 0.6) is 0 Å². The lowest BCUT2D eigenvalue weighted by atomic mass is 10.1. The first-order valence-electron chi connectivity index (χ1n) is 10.4. The molecule has 0 unspecified atom stereocenters. The van der Waals surface area contributed by atoms with Crippen LogP contribution in [0.4, 0.5) is 0 Å². The average Bonchev–Trinajstić information content (AvgIpc) is 2.77. The van der Waals surface area contributed by atoms with Crippen molar-refractivity contribution in [3.63, 3.8) is 0 Å². The number of benzene rings is 1. The lowest BCUT2D eigenvalue weighted by Gasteiger charge is -2.26. The van der Waals surface area contributed by atoms with Crippen molar-refractivity contribution in [3.8, 4) is 0 Å². The fraction of sp³-hybridized carbons (Fsp3) is 0.348. The van der Waals surface area contributed by atoms with E-state index >= 15 is 0 Å². The van der Waals surface area contributed by atoms with E-state index in [0.29, 0.717) is 47.8 Å². The standard InChI is InChI=1S/C23H24Cl2N4O3/c1-28-13-16(10-20(30)26-12-15-2-4-17(24)5-3-15)22(31)19-11-18(27-23(25)21(19)28)14-29-6-8-32-9-7-29/h2-5,11,13H,6-10,12,14H2,1H3,(H,26,30). The summed E-state index contributed by atoms with van der Waals surface area (Å²) in [6.45, 7) is 3.93. The summed E-state index contributed by atoms with van der Waals surface area (Å²) in [5.74, 6) is -0.231. The molecule has 4 rings (SSSR count). The molecule has 7 nitrogen and oxygen atoms in total. The van der Waals surface area contributed by atoms with E-state index in [2.05, 4.69) is 15.2 Å². The first kappa shape index (κ1) is 22.7. The van der Waals surface area contributed by atoms with Crippen LogP contribution in [0.1, 0.15) is 16.8 Å². The highest BCUT2D eigenvalue weighted by molar-refractivity contribution is 6.33. The Morgan fingerprint density at radius 2 is 1.91 bits per heavy atom. The molecule has 9 heteroatoms. The molecule has 32 heavy (non-hydrogen) atoms. The van der Waals surface area contributed by atoms with Crippen LogP contribution >= 0.6 is 23.2 Å². The van der Waals surface area contributed by atoms with E-state index in [-0.39, 0.29) is 22.9 Å². The minimum Gasteiger partial charge on any atom is -0.379 e. The Hall–Kier alpha value is -2.45. The van der Waals surface area contributed by atoms with Crippen molar-refractivity contribution in [2.24, 2.45) is 7.05 Å². The van der Waals surface area contributed by atoms with Crippen molar-refractivity contribution in [1.29, 1.82) is 0 Å². The number of morpholine rings is 1. The molecule has 1 aliphatic heterocycles. The summed E-state index contributed by atoms with van der Waals surface area (Å²) in [7, 11) is 1.80. The zero-order chi connectivity index (χ0) is 22.7. The van der Waals surface area contributed by atoms with Crippen LogP contribution in [-0.2, 0) is 36.1 Å². The van der Waals surface area contributed by atoms with Gasteiger partial charge in [0.2, 0.25) is 5.91 Å². The Bertz CT molecular complexity index is 1190. The second-order valence-electron chi connectivity index (χ2n) is 7.86. The lowest BCUT2D eigenvalue weighted by molar-refractivity contribution is -0.120. The molecule has 0 spiro atoms. The number of nitrogens with one attached hydrogen (secondary N) is 1. The first-order valence-corrected chi connectivity index (χ1v) is 11.1. The lowest BCUT2D eigenvalue weighted by Crippen LogP contribution is -2.36. The predicted octanol–water partition coefficient (Wildman–Crippen LogP) is 2.93. The largest absolute Gasteiger partial charge is 0.379 e. The number of fused-ring (bicyclic) bond motifs is 1. The van der Waals surface area contributed by atoms with Crippen molar-refractivity contribution in [3.05, 3.63) is 73.7 Å². The third-order valence-electron chi connectivity index (χ3n) is 5.48. The van der Waals surface area contributed by atoms with Gasteiger partial charge in [-0.3, -0.25) is 14.5 Å². The van der Waals surface area contributed by atoms with Gasteiger partial charge in [-0.2, -0.15) is 0 Å². The van der Waals surface area contributed by atoms with Crippen LogP contribution < -0.4 is 10.7 Å². The third kappa shape index (κ3) is 5.30. The predicted molar refractivity (Wildman–Crippen MR) is 125 cm³/mol. The fourth-order valence-electron chi connectivity index (χ4n) is 3.83. The Morgan fingerprint density at radius 1 is 1.19 bits per heavy atom. The number of nitrogens with zero attached hydrogens (tertiary/aromatic N) is 3. The van der Waals surface area contributed by atoms with E-state index in [1.54, 1.807) is 36.0 Å². The molecule has 1 aliphatic rings. The molecule has 0 atom stereocenters. The molecule has 1 saturated heterocycles. The SMILES string of the molecule is Cn1cc(CC(=O)NCc2ccc(Cl)cc2)c(=O)c2cc(CN3CCOCC3)nc(Cl)c21. The highest BCUT2D eigenvalue weighted by Crippen LogP contribution is 2.22. The molecule has 0 bridgehead atoms. The van der Waals surface area contributed by atoms with Crippen LogP contribution in [0.25, 0.3) is 10.9 Å². The van der Waals surface area contributed by atoms with Gasteiger partial charge in [0.1, 0.15) is 0 Å². The van der Waals surface area contributed by atoms with Crippen molar-refractivity contribution >= 4 is 40.0 Å². The number of carbonyl (C=O) groups is 1. The molecule has 3 aromatic rings. The minimum absolute atomic E-state index is 0.0189. The summed E-state index contributed by atoms with van der Waals surface area (Å²) in [4.78, 5) is 32.4. The smallest absolute Gasteiger partial charge is 0.224 e. The Kier molecular flexibility index (Phi) is 7.10. The van der Waals surface area contributed by atoms with Gasteiger partial charge in [-0.25, -0.2) is 4.98 Å². The zero-order valence-electron chi connectivity index (χ0n) is 17.7.